The fourth-order valence-corrected chi connectivity index (χ4v) is 0.942. The number of aliphatic imine (C=N–C) groups is 2. The quantitative estimate of drug-likeness (QED) is 0.497. The first-order valence-corrected chi connectivity index (χ1v) is 4.13. The Hall–Kier alpha value is -1.42. The van der Waals surface area contributed by atoms with Crippen LogP contribution in [-0.4, -0.2) is 23.9 Å². The largest absolute Gasteiger partial charge is 0.372 e. The third-order valence-corrected chi connectivity index (χ3v) is 1.59. The Morgan fingerprint density at radius 3 is 3.38 bits per heavy atom. The summed E-state index contributed by atoms with van der Waals surface area (Å²) >= 11 is 0. The van der Waals surface area contributed by atoms with E-state index in [1.807, 2.05) is 6.08 Å². The van der Waals surface area contributed by atoms with Gasteiger partial charge in [-0.2, -0.15) is 0 Å². The van der Waals surface area contributed by atoms with Gasteiger partial charge in [0.25, 0.3) is 0 Å². The van der Waals surface area contributed by atoms with Crippen LogP contribution < -0.4 is 5.32 Å². The molecule has 0 spiro atoms. The smallest absolute Gasteiger partial charge is 0.145 e. The van der Waals surface area contributed by atoms with E-state index in [-0.39, 0.29) is 0 Å². The first-order valence-electron chi connectivity index (χ1n) is 4.13. The third kappa shape index (κ3) is 3.66. The van der Waals surface area contributed by atoms with Crippen LogP contribution in [0.1, 0.15) is 12.8 Å². The highest BCUT2D eigenvalue weighted by atomic mass is 16.3. The van der Waals surface area contributed by atoms with Crippen LogP contribution in [0.25, 0.3) is 0 Å². The van der Waals surface area contributed by atoms with Crippen LogP contribution >= 0.6 is 0 Å². The van der Waals surface area contributed by atoms with Gasteiger partial charge in [0.15, 0.2) is 0 Å². The molecule has 4 nitrogen and oxygen atoms in total. The minimum Gasteiger partial charge on any atom is -0.372 e. The lowest BCUT2D eigenvalue weighted by Gasteiger charge is -1.97. The van der Waals surface area contributed by atoms with Gasteiger partial charge in [0.05, 0.1) is 12.0 Å². The van der Waals surface area contributed by atoms with E-state index in [1.165, 1.54) is 12.5 Å². The number of aliphatic hydroxyl groups excluding tert-OH is 1. The van der Waals surface area contributed by atoms with Gasteiger partial charge in [-0.3, -0.25) is 4.99 Å². The lowest BCUT2D eigenvalue weighted by Crippen LogP contribution is -2.11. The summed E-state index contributed by atoms with van der Waals surface area (Å²) in [5.41, 5.74) is 0.849. The minimum atomic E-state index is -0.577. The molecule has 0 fully saturated rings. The summed E-state index contributed by atoms with van der Waals surface area (Å²) in [5, 5.41) is 12.1. The van der Waals surface area contributed by atoms with Gasteiger partial charge in [-0.05, 0) is 12.8 Å². The Bertz CT molecular complexity index is 256. The van der Waals surface area contributed by atoms with Crippen LogP contribution in [-0.2, 0) is 0 Å². The summed E-state index contributed by atoms with van der Waals surface area (Å²) in [6.07, 6.45) is 7.44. The number of aliphatic hydroxyl groups is 1. The number of hydrogen-bond donors (Lipinski definition) is 2. The number of allylic oxidation sites excluding steroid dienone is 2. The van der Waals surface area contributed by atoms with E-state index in [9.17, 15) is 0 Å². The van der Waals surface area contributed by atoms with Crippen LogP contribution in [0.15, 0.2) is 34.5 Å². The van der Waals surface area contributed by atoms with Crippen LogP contribution in [0.4, 0.5) is 0 Å². The van der Waals surface area contributed by atoms with Crippen molar-refractivity contribution in [2.75, 3.05) is 0 Å². The molecule has 0 saturated heterocycles. The highest BCUT2D eigenvalue weighted by Crippen LogP contribution is 2.05. The predicted octanol–water partition coefficient (Wildman–Crippen LogP) is 0.815. The lowest BCUT2D eigenvalue weighted by molar-refractivity contribution is 0.177. The van der Waals surface area contributed by atoms with Crippen molar-refractivity contribution in [3.63, 3.8) is 0 Å². The summed E-state index contributed by atoms with van der Waals surface area (Å²) in [6.45, 7) is 3.44. The Morgan fingerprint density at radius 1 is 1.77 bits per heavy atom. The fraction of sp³-hybridized carbons (Fsp3) is 0.333. The number of hydrogen-bond acceptors (Lipinski definition) is 3. The SMILES string of the molecule is C=CN=CNC1=CCCC(O)N=C1. The van der Waals surface area contributed by atoms with Gasteiger partial charge in [-0.1, -0.05) is 12.7 Å². The van der Waals surface area contributed by atoms with Crippen molar-refractivity contribution in [3.8, 4) is 0 Å². The van der Waals surface area contributed by atoms with E-state index in [1.54, 1.807) is 6.21 Å². The zero-order valence-corrected chi connectivity index (χ0v) is 7.35. The average molecular weight is 179 g/mol. The molecule has 70 valence electrons. The van der Waals surface area contributed by atoms with E-state index in [0.717, 1.165) is 12.1 Å². The Balaban J connectivity index is 2.48. The molecule has 0 aromatic rings. The Morgan fingerprint density at radius 2 is 2.62 bits per heavy atom. The van der Waals surface area contributed by atoms with Crippen molar-refractivity contribution in [1.82, 2.24) is 5.32 Å². The van der Waals surface area contributed by atoms with E-state index in [2.05, 4.69) is 21.9 Å². The lowest BCUT2D eigenvalue weighted by atomic mass is 10.3. The van der Waals surface area contributed by atoms with Gasteiger partial charge in [0, 0.05) is 12.4 Å². The van der Waals surface area contributed by atoms with Crippen molar-refractivity contribution < 1.29 is 5.11 Å². The summed E-state index contributed by atoms with van der Waals surface area (Å²) in [4.78, 5) is 7.67. The third-order valence-electron chi connectivity index (χ3n) is 1.59. The van der Waals surface area contributed by atoms with Gasteiger partial charge in [0.2, 0.25) is 0 Å². The second kappa shape index (κ2) is 5.27. The second-order valence-corrected chi connectivity index (χ2v) is 2.60. The highest BCUT2D eigenvalue weighted by Gasteiger charge is 2.02. The maximum atomic E-state index is 9.17. The molecule has 4 heteroatoms. The molecule has 0 aromatic carbocycles. The second-order valence-electron chi connectivity index (χ2n) is 2.60. The number of nitrogens with zero attached hydrogens (tertiary/aromatic N) is 2. The molecular weight excluding hydrogens is 166 g/mol. The summed E-state index contributed by atoms with van der Waals surface area (Å²) in [6, 6.07) is 0. The molecule has 0 bridgehead atoms. The first kappa shape index (κ1) is 9.67. The first-order chi connectivity index (χ1) is 6.33. The molecule has 0 radical (unpaired) electrons. The molecule has 1 aliphatic rings. The van der Waals surface area contributed by atoms with Crippen molar-refractivity contribution in [2.24, 2.45) is 9.98 Å². The van der Waals surface area contributed by atoms with E-state index >= 15 is 0 Å². The molecular formula is C9H13N3O. The van der Waals surface area contributed by atoms with E-state index < -0.39 is 6.23 Å². The zero-order valence-electron chi connectivity index (χ0n) is 7.35. The summed E-state index contributed by atoms with van der Waals surface area (Å²) in [7, 11) is 0. The van der Waals surface area contributed by atoms with Crippen LogP contribution in [0.3, 0.4) is 0 Å². The average Bonchev–Trinajstić information content (AvgIpc) is 2.32. The van der Waals surface area contributed by atoms with Crippen LogP contribution in [0.2, 0.25) is 0 Å². The molecule has 0 saturated carbocycles. The predicted molar refractivity (Wildman–Crippen MR) is 53.6 cm³/mol. The molecule has 0 aromatic heterocycles. The van der Waals surface area contributed by atoms with E-state index in [4.69, 9.17) is 5.11 Å². The summed E-state index contributed by atoms with van der Waals surface area (Å²) in [5.74, 6) is 0. The van der Waals surface area contributed by atoms with E-state index in [0.29, 0.717) is 6.42 Å². The molecule has 1 heterocycles. The molecule has 1 atom stereocenters. The highest BCUT2D eigenvalue weighted by molar-refractivity contribution is 5.82. The maximum Gasteiger partial charge on any atom is 0.145 e. The van der Waals surface area contributed by atoms with Gasteiger partial charge < -0.3 is 10.4 Å². The van der Waals surface area contributed by atoms with Crippen molar-refractivity contribution in [1.29, 1.82) is 0 Å². The molecule has 1 rings (SSSR count). The monoisotopic (exact) mass is 179 g/mol. The molecule has 13 heavy (non-hydrogen) atoms. The topological polar surface area (TPSA) is 57.0 Å². The normalized spacial score (nSPS) is 22.5. The number of rotatable bonds is 3. The molecule has 0 amide bonds. The van der Waals surface area contributed by atoms with Gasteiger partial charge in [-0.25, -0.2) is 4.99 Å². The minimum absolute atomic E-state index is 0.577. The Kier molecular flexibility index (Phi) is 3.92. The van der Waals surface area contributed by atoms with Crippen molar-refractivity contribution >= 4 is 12.6 Å². The van der Waals surface area contributed by atoms with Crippen molar-refractivity contribution in [2.45, 2.75) is 19.1 Å². The molecule has 2 N–H and O–H groups in total. The van der Waals surface area contributed by atoms with Crippen LogP contribution in [0.5, 0.6) is 0 Å². The zero-order chi connectivity index (χ0) is 9.52. The number of nitrogens with one attached hydrogen (secondary N) is 1. The summed E-state index contributed by atoms with van der Waals surface area (Å²) < 4.78 is 0. The Labute approximate surface area is 77.4 Å². The standard InChI is InChI=1S/C9H13N3O/c1-2-10-7-12-8-4-3-5-9(13)11-6-8/h2,4,6-7,9,13H,1,3,5H2,(H,10,12). The van der Waals surface area contributed by atoms with Gasteiger partial charge in [0.1, 0.15) is 6.23 Å². The van der Waals surface area contributed by atoms with Crippen molar-refractivity contribution in [3.05, 3.63) is 24.6 Å². The van der Waals surface area contributed by atoms with Crippen LogP contribution in [0, 0.1) is 0 Å². The fourth-order valence-electron chi connectivity index (χ4n) is 0.942. The molecule has 1 aliphatic heterocycles. The molecule has 0 aliphatic carbocycles. The molecule has 1 unspecified atom stereocenters. The van der Waals surface area contributed by atoms with Gasteiger partial charge >= 0.3 is 0 Å². The van der Waals surface area contributed by atoms with Gasteiger partial charge in [-0.15, -0.1) is 0 Å². The maximum absolute atomic E-state index is 9.17.